The number of halogens is 4. The van der Waals surface area contributed by atoms with Crippen LogP contribution in [-0.2, 0) is 0 Å². The molecule has 0 aromatic heterocycles. The van der Waals surface area contributed by atoms with Gasteiger partial charge in [-0.25, -0.2) is 0 Å². The lowest BCUT2D eigenvalue weighted by Gasteiger charge is -2.15. The number of methoxy groups -OCH3 is 1. The van der Waals surface area contributed by atoms with Crippen molar-refractivity contribution < 1.29 is 4.74 Å². The summed E-state index contributed by atoms with van der Waals surface area (Å²) in [6, 6.07) is 11.4. The zero-order chi connectivity index (χ0) is 14.0. The van der Waals surface area contributed by atoms with Crippen LogP contribution in [-0.4, -0.2) is 7.11 Å². The molecule has 2 rings (SSSR count). The number of hydrogen-bond donors (Lipinski definition) is 0. The molecule has 0 N–H and O–H groups in total. The summed E-state index contributed by atoms with van der Waals surface area (Å²) in [6.45, 7) is 0. The molecular formula is C14H10Br2Cl2O. The third-order valence-electron chi connectivity index (χ3n) is 2.70. The maximum atomic E-state index is 6.54. The van der Waals surface area contributed by atoms with E-state index in [4.69, 9.17) is 27.9 Å². The minimum atomic E-state index is -0.321. The molecule has 0 aliphatic rings. The molecule has 2 aromatic carbocycles. The van der Waals surface area contributed by atoms with Gasteiger partial charge < -0.3 is 4.74 Å². The Morgan fingerprint density at radius 2 is 1.84 bits per heavy atom. The van der Waals surface area contributed by atoms with Gasteiger partial charge in [0.25, 0.3) is 0 Å². The maximum Gasteiger partial charge on any atom is 0.123 e. The first-order valence-electron chi connectivity index (χ1n) is 5.45. The Morgan fingerprint density at radius 3 is 2.47 bits per heavy atom. The van der Waals surface area contributed by atoms with Crippen molar-refractivity contribution in [3.05, 3.63) is 61.5 Å². The van der Waals surface area contributed by atoms with Crippen molar-refractivity contribution in [1.29, 1.82) is 0 Å². The van der Waals surface area contributed by atoms with E-state index >= 15 is 0 Å². The van der Waals surface area contributed by atoms with E-state index in [1.165, 1.54) is 0 Å². The fourth-order valence-electron chi connectivity index (χ4n) is 1.75. The summed E-state index contributed by atoms with van der Waals surface area (Å²) in [4.78, 5) is 0. The lowest BCUT2D eigenvalue weighted by Crippen LogP contribution is -1.97. The van der Waals surface area contributed by atoms with Gasteiger partial charge in [0.15, 0.2) is 0 Å². The van der Waals surface area contributed by atoms with Gasteiger partial charge in [-0.2, -0.15) is 0 Å². The molecule has 0 saturated carbocycles. The Labute approximate surface area is 139 Å². The number of alkyl halides is 1. The van der Waals surface area contributed by atoms with Crippen LogP contribution in [0.2, 0.25) is 5.02 Å². The highest BCUT2D eigenvalue weighted by Gasteiger charge is 2.17. The molecule has 1 unspecified atom stereocenters. The topological polar surface area (TPSA) is 9.23 Å². The lowest BCUT2D eigenvalue weighted by atomic mass is 10.0. The molecule has 5 heteroatoms. The van der Waals surface area contributed by atoms with Crippen LogP contribution >= 0.6 is 55.1 Å². The second-order valence-electron chi connectivity index (χ2n) is 3.92. The molecule has 0 spiro atoms. The monoisotopic (exact) mass is 422 g/mol. The zero-order valence-corrected chi connectivity index (χ0v) is 14.6. The lowest BCUT2D eigenvalue weighted by molar-refractivity contribution is 0.410. The number of hydrogen-bond acceptors (Lipinski definition) is 1. The van der Waals surface area contributed by atoms with E-state index in [2.05, 4.69) is 31.9 Å². The molecule has 0 saturated heterocycles. The van der Waals surface area contributed by atoms with Gasteiger partial charge in [-0.3, -0.25) is 0 Å². The van der Waals surface area contributed by atoms with Crippen LogP contribution in [0.5, 0.6) is 5.75 Å². The Kier molecular flexibility index (Phi) is 5.18. The fraction of sp³-hybridized carbons (Fsp3) is 0.143. The Morgan fingerprint density at radius 1 is 1.11 bits per heavy atom. The normalized spacial score (nSPS) is 12.3. The van der Waals surface area contributed by atoms with Crippen molar-refractivity contribution in [3.63, 3.8) is 0 Å². The second-order valence-corrected chi connectivity index (χ2v) is 6.54. The predicted octanol–water partition coefficient (Wildman–Crippen LogP) is 6.20. The summed E-state index contributed by atoms with van der Waals surface area (Å²) in [5, 5.41) is 0.315. The summed E-state index contributed by atoms with van der Waals surface area (Å²) in [7, 11) is 1.63. The van der Waals surface area contributed by atoms with Crippen LogP contribution in [0.4, 0.5) is 0 Å². The summed E-state index contributed by atoms with van der Waals surface area (Å²) in [5.74, 6) is 0.752. The molecule has 0 heterocycles. The van der Waals surface area contributed by atoms with Gasteiger partial charge in [0.1, 0.15) is 5.75 Å². The van der Waals surface area contributed by atoms with Crippen LogP contribution in [0.3, 0.4) is 0 Å². The molecular weight excluding hydrogens is 415 g/mol. The van der Waals surface area contributed by atoms with Crippen LogP contribution < -0.4 is 4.74 Å². The molecule has 0 amide bonds. The van der Waals surface area contributed by atoms with Gasteiger partial charge >= 0.3 is 0 Å². The highest BCUT2D eigenvalue weighted by Crippen LogP contribution is 2.38. The van der Waals surface area contributed by atoms with E-state index in [1.807, 2.05) is 36.4 Å². The van der Waals surface area contributed by atoms with E-state index in [0.29, 0.717) is 5.02 Å². The van der Waals surface area contributed by atoms with Gasteiger partial charge in [0.2, 0.25) is 0 Å². The SMILES string of the molecule is COc1ccc(Br)cc1C(Cl)c1ccc(Br)c(Cl)c1. The largest absolute Gasteiger partial charge is 0.496 e. The minimum absolute atomic E-state index is 0.321. The van der Waals surface area contributed by atoms with E-state index in [0.717, 1.165) is 25.8 Å². The first kappa shape index (κ1) is 15.2. The van der Waals surface area contributed by atoms with Crippen molar-refractivity contribution in [2.24, 2.45) is 0 Å². The number of ether oxygens (including phenoxy) is 1. The maximum absolute atomic E-state index is 6.54. The first-order valence-corrected chi connectivity index (χ1v) is 7.85. The van der Waals surface area contributed by atoms with Crippen LogP contribution in [0.15, 0.2) is 45.3 Å². The molecule has 1 nitrogen and oxygen atoms in total. The van der Waals surface area contributed by atoms with Gasteiger partial charge in [-0.1, -0.05) is 33.6 Å². The third-order valence-corrected chi connectivity index (χ3v) is 4.91. The van der Waals surface area contributed by atoms with Crippen molar-refractivity contribution in [3.8, 4) is 5.75 Å². The Balaban J connectivity index is 2.45. The molecule has 0 bridgehead atoms. The molecule has 2 aromatic rings. The highest BCUT2D eigenvalue weighted by atomic mass is 79.9. The Hall–Kier alpha value is -0.220. The van der Waals surface area contributed by atoms with Crippen molar-refractivity contribution in [2.75, 3.05) is 7.11 Å². The molecule has 19 heavy (non-hydrogen) atoms. The molecule has 0 radical (unpaired) electrons. The highest BCUT2D eigenvalue weighted by molar-refractivity contribution is 9.10. The third kappa shape index (κ3) is 3.46. The van der Waals surface area contributed by atoms with E-state index in [1.54, 1.807) is 7.11 Å². The molecule has 0 aliphatic heterocycles. The fourth-order valence-corrected chi connectivity index (χ4v) is 2.87. The standard InChI is InChI=1S/C14H10Br2Cl2O/c1-19-13-5-3-9(15)7-10(13)14(18)8-2-4-11(16)12(17)6-8/h2-7,14H,1H3. The quantitative estimate of drug-likeness (QED) is 0.533. The summed E-state index contributed by atoms with van der Waals surface area (Å²) >= 11 is 19.5. The van der Waals surface area contributed by atoms with Gasteiger partial charge in [-0.15, -0.1) is 11.6 Å². The smallest absolute Gasteiger partial charge is 0.123 e. The van der Waals surface area contributed by atoms with Crippen molar-refractivity contribution in [2.45, 2.75) is 5.38 Å². The minimum Gasteiger partial charge on any atom is -0.496 e. The molecule has 1 atom stereocenters. The average Bonchev–Trinajstić information content (AvgIpc) is 2.41. The second kappa shape index (κ2) is 6.49. The van der Waals surface area contributed by atoms with E-state index in [-0.39, 0.29) is 5.38 Å². The summed E-state index contributed by atoms with van der Waals surface area (Å²) in [5.41, 5.74) is 1.82. The van der Waals surface area contributed by atoms with Gasteiger partial charge in [0.05, 0.1) is 17.5 Å². The number of benzene rings is 2. The van der Waals surface area contributed by atoms with Gasteiger partial charge in [0, 0.05) is 14.5 Å². The van der Waals surface area contributed by atoms with Crippen LogP contribution in [0, 0.1) is 0 Å². The zero-order valence-electron chi connectivity index (χ0n) is 9.96. The van der Waals surface area contributed by atoms with E-state index < -0.39 is 0 Å². The van der Waals surface area contributed by atoms with Crippen molar-refractivity contribution >= 4 is 55.1 Å². The van der Waals surface area contributed by atoms with E-state index in [9.17, 15) is 0 Å². The van der Waals surface area contributed by atoms with Crippen LogP contribution in [0.1, 0.15) is 16.5 Å². The molecule has 0 aliphatic carbocycles. The van der Waals surface area contributed by atoms with Crippen LogP contribution in [0.25, 0.3) is 0 Å². The summed E-state index contributed by atoms with van der Waals surface area (Å²) in [6.07, 6.45) is 0. The Bertz CT molecular complexity index is 602. The first-order chi connectivity index (χ1) is 9.02. The van der Waals surface area contributed by atoms with Gasteiger partial charge in [-0.05, 0) is 51.8 Å². The average molecular weight is 425 g/mol. The molecule has 0 fully saturated rings. The number of rotatable bonds is 3. The van der Waals surface area contributed by atoms with Crippen molar-refractivity contribution in [1.82, 2.24) is 0 Å². The predicted molar refractivity (Wildman–Crippen MR) is 87.5 cm³/mol. The molecule has 100 valence electrons. The summed E-state index contributed by atoms with van der Waals surface area (Å²) < 4.78 is 7.16.